The minimum absolute atomic E-state index is 0. The van der Waals surface area contributed by atoms with Gasteiger partial charge in [-0.15, -0.1) is 0 Å². The maximum absolute atomic E-state index is 4.53. The summed E-state index contributed by atoms with van der Waals surface area (Å²) in [6.07, 6.45) is 0. The van der Waals surface area contributed by atoms with Gasteiger partial charge in [-0.1, -0.05) is 0 Å². The Kier molecular flexibility index (Phi) is 21.3. The van der Waals surface area contributed by atoms with Crippen molar-refractivity contribution in [3.05, 3.63) is 29.1 Å². The van der Waals surface area contributed by atoms with Crippen LogP contribution in [-0.2, 0) is 0 Å². The number of nitrogens with zero attached hydrogens (tertiary/aromatic N) is 3. The first-order valence-electron chi connectivity index (χ1n) is 5.50. The fraction of sp³-hybridized carbons (Fsp3) is 0.417. The van der Waals surface area contributed by atoms with Crippen LogP contribution in [0.1, 0.15) is 30.8 Å². The third-order valence-corrected chi connectivity index (χ3v) is 2.27. The van der Waals surface area contributed by atoms with Crippen LogP contribution in [-0.4, -0.2) is 30.5 Å². The normalized spacial score (nSPS) is 10.1. The number of halogens is 3. The van der Waals surface area contributed by atoms with Gasteiger partial charge in [0.25, 0.3) is 0 Å². The molecular formula is C12H19Cl3N5Nd. The van der Waals surface area contributed by atoms with Crippen LogP contribution >= 0.6 is 0 Å². The summed E-state index contributed by atoms with van der Waals surface area (Å²) < 4.78 is 0. The molecule has 0 aliphatic carbocycles. The van der Waals surface area contributed by atoms with E-state index in [1.54, 1.807) is 14.1 Å². The Balaban J connectivity index is -0.000000361. The summed E-state index contributed by atoms with van der Waals surface area (Å²) in [7, 11) is 3.54. The molecule has 21 heavy (non-hydrogen) atoms. The van der Waals surface area contributed by atoms with Gasteiger partial charge < -0.3 is 48.1 Å². The smallest absolute Gasteiger partial charge is 1.00 e. The van der Waals surface area contributed by atoms with Crippen LogP contribution in [0.25, 0.3) is 0 Å². The Morgan fingerprint density at radius 2 is 1.24 bits per heavy atom. The summed E-state index contributed by atoms with van der Waals surface area (Å²) >= 11 is 0. The van der Waals surface area contributed by atoms with E-state index >= 15 is 0 Å². The van der Waals surface area contributed by atoms with Crippen molar-refractivity contribution in [1.29, 1.82) is 0 Å². The van der Waals surface area contributed by atoms with E-state index in [1.807, 2.05) is 32.9 Å². The first-order valence-corrected chi connectivity index (χ1v) is 5.50. The number of hydrogen-bond donors (Lipinski definition) is 2. The standard InChI is InChI=1S/C12H19N5.3ClH.Nd/c1-8-6-11(9(2)16-13-4)15-12(7-8)10(3)17-14-5;;;;/h6-7,13-14H,1-5H3;3*1H;/q;;;;+3/p-3. The van der Waals surface area contributed by atoms with E-state index in [0.717, 1.165) is 28.4 Å². The van der Waals surface area contributed by atoms with Crippen molar-refractivity contribution in [3.8, 4) is 0 Å². The van der Waals surface area contributed by atoms with Gasteiger partial charge in [0.05, 0.1) is 22.8 Å². The number of nitrogens with one attached hydrogen (secondary N) is 2. The van der Waals surface area contributed by atoms with Gasteiger partial charge in [0.2, 0.25) is 0 Å². The molecule has 1 aromatic rings. The quantitative estimate of drug-likeness (QED) is 0.330. The monoisotopic (exact) mass is 480 g/mol. The van der Waals surface area contributed by atoms with Crippen molar-refractivity contribution in [1.82, 2.24) is 15.8 Å². The second-order valence-electron chi connectivity index (χ2n) is 3.76. The molecule has 1 radical (unpaired) electrons. The molecule has 0 amide bonds. The van der Waals surface area contributed by atoms with Gasteiger partial charge in [-0.2, -0.15) is 10.2 Å². The number of aryl methyl sites for hydroxylation is 1. The first kappa shape index (κ1) is 29.3. The average Bonchev–Trinajstić information content (AvgIpc) is 2.29. The van der Waals surface area contributed by atoms with Gasteiger partial charge >= 0.3 is 40.8 Å². The zero-order valence-corrected chi connectivity index (χ0v) is 18.1. The van der Waals surface area contributed by atoms with Crippen LogP contribution in [0, 0.1) is 47.8 Å². The van der Waals surface area contributed by atoms with E-state index in [9.17, 15) is 0 Å². The maximum atomic E-state index is 4.53. The number of aromatic nitrogens is 1. The van der Waals surface area contributed by atoms with E-state index in [0.29, 0.717) is 0 Å². The average molecular weight is 484 g/mol. The number of rotatable bonds is 4. The minimum atomic E-state index is 0. The predicted octanol–water partition coefficient (Wildman–Crippen LogP) is -7.71. The second-order valence-corrected chi connectivity index (χ2v) is 3.76. The molecule has 0 fully saturated rings. The molecule has 5 nitrogen and oxygen atoms in total. The van der Waals surface area contributed by atoms with Crippen LogP contribution in [0.3, 0.4) is 0 Å². The zero-order chi connectivity index (χ0) is 12.8. The largest absolute Gasteiger partial charge is 3.00 e. The third kappa shape index (κ3) is 9.84. The van der Waals surface area contributed by atoms with Crippen LogP contribution < -0.4 is 48.1 Å². The van der Waals surface area contributed by atoms with Crippen molar-refractivity contribution in [2.45, 2.75) is 20.8 Å². The fourth-order valence-corrected chi connectivity index (χ4v) is 1.49. The summed E-state index contributed by atoms with van der Waals surface area (Å²) in [5.74, 6) is 0. The van der Waals surface area contributed by atoms with Gasteiger partial charge in [-0.05, 0) is 38.5 Å². The Labute approximate surface area is 178 Å². The predicted molar refractivity (Wildman–Crippen MR) is 71.5 cm³/mol. The summed E-state index contributed by atoms with van der Waals surface area (Å²) in [6, 6.07) is 4.01. The third-order valence-electron chi connectivity index (χ3n) is 2.27. The Morgan fingerprint density at radius 1 is 0.905 bits per heavy atom. The molecule has 0 aliphatic rings. The summed E-state index contributed by atoms with van der Waals surface area (Å²) in [5.41, 5.74) is 10.1. The molecule has 0 aromatic carbocycles. The Hall–Kier alpha value is 0.311. The van der Waals surface area contributed by atoms with Crippen molar-refractivity contribution < 1.29 is 78.1 Å². The number of hydrazone groups is 2. The number of hydrogen-bond acceptors (Lipinski definition) is 5. The summed E-state index contributed by atoms with van der Waals surface area (Å²) in [5, 5.41) is 8.26. The second kappa shape index (κ2) is 15.2. The molecule has 1 aromatic heterocycles. The topological polar surface area (TPSA) is 61.7 Å². The molecule has 1 rings (SSSR count). The Bertz CT molecular complexity index is 428. The van der Waals surface area contributed by atoms with E-state index in [-0.39, 0.29) is 78.1 Å². The van der Waals surface area contributed by atoms with E-state index < -0.39 is 0 Å². The van der Waals surface area contributed by atoms with Gasteiger partial charge in [0.1, 0.15) is 0 Å². The zero-order valence-electron chi connectivity index (χ0n) is 12.6. The summed E-state index contributed by atoms with van der Waals surface area (Å²) in [6.45, 7) is 5.88. The molecule has 2 N–H and O–H groups in total. The van der Waals surface area contributed by atoms with Crippen LogP contribution in [0.5, 0.6) is 0 Å². The van der Waals surface area contributed by atoms with Crippen molar-refractivity contribution in [3.63, 3.8) is 0 Å². The molecule has 9 heteroatoms. The van der Waals surface area contributed by atoms with Crippen molar-refractivity contribution in [2.75, 3.05) is 14.1 Å². The Morgan fingerprint density at radius 3 is 1.52 bits per heavy atom. The van der Waals surface area contributed by atoms with E-state index in [2.05, 4.69) is 26.0 Å². The summed E-state index contributed by atoms with van der Waals surface area (Å²) in [4.78, 5) is 4.53. The van der Waals surface area contributed by atoms with Gasteiger partial charge in [0.15, 0.2) is 0 Å². The molecule has 0 spiro atoms. The molecule has 0 bridgehead atoms. The number of pyridine rings is 1. The van der Waals surface area contributed by atoms with Gasteiger partial charge in [-0.3, -0.25) is 0 Å². The molecule has 0 atom stereocenters. The molecule has 0 aliphatic heterocycles. The first-order chi connectivity index (χ1) is 8.08. The van der Waals surface area contributed by atoms with Crippen molar-refractivity contribution >= 4 is 11.4 Å². The van der Waals surface area contributed by atoms with Crippen LogP contribution in [0.4, 0.5) is 0 Å². The van der Waals surface area contributed by atoms with E-state index in [1.165, 1.54) is 0 Å². The van der Waals surface area contributed by atoms with Crippen molar-refractivity contribution in [2.24, 2.45) is 10.2 Å². The van der Waals surface area contributed by atoms with Gasteiger partial charge in [0, 0.05) is 14.1 Å². The maximum Gasteiger partial charge on any atom is 3.00 e. The molecule has 0 saturated heterocycles. The fourth-order valence-electron chi connectivity index (χ4n) is 1.49. The van der Waals surface area contributed by atoms with Gasteiger partial charge in [-0.25, -0.2) is 4.98 Å². The van der Waals surface area contributed by atoms with E-state index in [4.69, 9.17) is 0 Å². The van der Waals surface area contributed by atoms with Crippen LogP contribution in [0.2, 0.25) is 0 Å². The molecule has 117 valence electrons. The molecular weight excluding hydrogens is 465 g/mol. The molecule has 0 saturated carbocycles. The minimum Gasteiger partial charge on any atom is -1.00 e. The van der Waals surface area contributed by atoms with Crippen LogP contribution in [0.15, 0.2) is 22.3 Å². The molecule has 1 heterocycles. The molecule has 0 unspecified atom stereocenters. The SMILES string of the molecule is CNN=C(C)c1cc(C)cc(C(C)=NNC)n1.[Cl-].[Cl-].[Cl-].[Nd+3].